The van der Waals surface area contributed by atoms with E-state index in [1.807, 2.05) is 24.3 Å². The Morgan fingerprint density at radius 3 is 2.78 bits per heavy atom. The molecule has 5 heteroatoms. The Morgan fingerprint density at radius 1 is 1.17 bits per heavy atom. The topological polar surface area (TPSA) is 64.1 Å². The maximum Gasteiger partial charge on any atom is 0.305 e. The predicted molar refractivity (Wildman–Crippen MR) is 92.5 cm³/mol. The van der Waals surface area contributed by atoms with Gasteiger partial charge < -0.3 is 10.1 Å². The van der Waals surface area contributed by atoms with E-state index in [-0.39, 0.29) is 5.97 Å². The molecule has 0 aliphatic rings. The van der Waals surface area contributed by atoms with E-state index in [9.17, 15) is 4.79 Å². The van der Waals surface area contributed by atoms with Crippen molar-refractivity contribution in [3.63, 3.8) is 0 Å². The van der Waals surface area contributed by atoms with E-state index in [1.165, 1.54) is 7.11 Å². The molecule has 0 atom stereocenters. The van der Waals surface area contributed by atoms with Gasteiger partial charge in [-0.15, -0.1) is 0 Å². The lowest BCUT2D eigenvalue weighted by Gasteiger charge is -2.10. The van der Waals surface area contributed by atoms with Crippen molar-refractivity contribution in [2.45, 2.75) is 45.4 Å². The molecule has 0 saturated heterocycles. The first kappa shape index (κ1) is 17.2. The van der Waals surface area contributed by atoms with Crippen LogP contribution in [0.5, 0.6) is 0 Å². The Morgan fingerprint density at radius 2 is 2.00 bits per heavy atom. The van der Waals surface area contributed by atoms with E-state index >= 15 is 0 Å². The van der Waals surface area contributed by atoms with E-state index in [0.29, 0.717) is 6.42 Å². The second-order valence-corrected chi connectivity index (χ2v) is 5.57. The SMILES string of the molecule is CCCc1nc(NCCCCCC(=O)OC)c2ccccc2n1. The Hall–Kier alpha value is -2.17. The number of hydrogen-bond acceptors (Lipinski definition) is 5. The van der Waals surface area contributed by atoms with Crippen molar-refractivity contribution in [3.05, 3.63) is 30.1 Å². The van der Waals surface area contributed by atoms with Gasteiger partial charge in [0.15, 0.2) is 0 Å². The molecule has 1 aromatic heterocycles. The average molecular weight is 315 g/mol. The molecule has 0 spiro atoms. The minimum atomic E-state index is -0.135. The zero-order valence-corrected chi connectivity index (χ0v) is 14.0. The zero-order valence-electron chi connectivity index (χ0n) is 14.0. The largest absolute Gasteiger partial charge is 0.469 e. The van der Waals surface area contributed by atoms with Crippen LogP contribution in [0.25, 0.3) is 10.9 Å². The number of ether oxygens (including phenoxy) is 1. The molecular formula is C18H25N3O2. The van der Waals surface area contributed by atoms with E-state index in [4.69, 9.17) is 0 Å². The molecule has 124 valence electrons. The monoisotopic (exact) mass is 315 g/mol. The van der Waals surface area contributed by atoms with E-state index < -0.39 is 0 Å². The van der Waals surface area contributed by atoms with Crippen molar-refractivity contribution in [2.24, 2.45) is 0 Å². The molecule has 0 unspecified atom stereocenters. The third-order valence-corrected chi connectivity index (χ3v) is 3.70. The first-order chi connectivity index (χ1) is 11.2. The number of unbranched alkanes of at least 4 members (excludes halogenated alkanes) is 2. The lowest BCUT2D eigenvalue weighted by atomic mass is 10.2. The third-order valence-electron chi connectivity index (χ3n) is 3.70. The highest BCUT2D eigenvalue weighted by molar-refractivity contribution is 5.88. The van der Waals surface area contributed by atoms with E-state index in [2.05, 4.69) is 26.9 Å². The van der Waals surface area contributed by atoms with Crippen molar-refractivity contribution >= 4 is 22.7 Å². The van der Waals surface area contributed by atoms with Gasteiger partial charge in [-0.1, -0.05) is 25.5 Å². The summed E-state index contributed by atoms with van der Waals surface area (Å²) in [6.07, 6.45) is 5.27. The van der Waals surface area contributed by atoms with Gasteiger partial charge in [-0.05, 0) is 31.4 Å². The summed E-state index contributed by atoms with van der Waals surface area (Å²) in [6, 6.07) is 8.08. The first-order valence-electron chi connectivity index (χ1n) is 8.31. The summed E-state index contributed by atoms with van der Waals surface area (Å²) in [5.41, 5.74) is 0.985. The fraction of sp³-hybridized carbons (Fsp3) is 0.500. The number of carbonyl (C=O) groups is 1. The second kappa shape index (κ2) is 9.08. The minimum absolute atomic E-state index is 0.135. The number of fused-ring (bicyclic) bond motifs is 1. The maximum atomic E-state index is 11.1. The van der Waals surface area contributed by atoms with Gasteiger partial charge in [0.05, 0.1) is 12.6 Å². The van der Waals surface area contributed by atoms with E-state index in [0.717, 1.165) is 61.2 Å². The molecule has 1 heterocycles. The minimum Gasteiger partial charge on any atom is -0.469 e. The molecule has 1 N–H and O–H groups in total. The number of rotatable bonds is 9. The van der Waals surface area contributed by atoms with Crippen LogP contribution >= 0.6 is 0 Å². The van der Waals surface area contributed by atoms with Crippen LogP contribution in [-0.2, 0) is 16.0 Å². The van der Waals surface area contributed by atoms with Gasteiger partial charge >= 0.3 is 5.97 Å². The van der Waals surface area contributed by atoms with Crippen molar-refractivity contribution in [1.82, 2.24) is 9.97 Å². The van der Waals surface area contributed by atoms with Crippen LogP contribution in [0.4, 0.5) is 5.82 Å². The third kappa shape index (κ3) is 5.20. The fourth-order valence-corrected chi connectivity index (χ4v) is 2.47. The van der Waals surface area contributed by atoms with Crippen LogP contribution < -0.4 is 5.32 Å². The van der Waals surface area contributed by atoms with Gasteiger partial charge in [-0.3, -0.25) is 4.79 Å². The highest BCUT2D eigenvalue weighted by Gasteiger charge is 2.06. The van der Waals surface area contributed by atoms with E-state index in [1.54, 1.807) is 0 Å². The molecule has 0 aliphatic carbocycles. The molecule has 0 radical (unpaired) electrons. The Balaban J connectivity index is 1.92. The van der Waals surface area contributed by atoms with Crippen LogP contribution in [0.2, 0.25) is 0 Å². The van der Waals surface area contributed by atoms with Gasteiger partial charge in [0, 0.05) is 24.8 Å². The number of anilines is 1. The summed E-state index contributed by atoms with van der Waals surface area (Å²) in [4.78, 5) is 20.3. The van der Waals surface area contributed by atoms with Crippen LogP contribution in [0.15, 0.2) is 24.3 Å². The van der Waals surface area contributed by atoms with Crippen LogP contribution in [0.3, 0.4) is 0 Å². The van der Waals surface area contributed by atoms with Crippen molar-refractivity contribution in [1.29, 1.82) is 0 Å². The number of para-hydroxylation sites is 1. The van der Waals surface area contributed by atoms with Crippen molar-refractivity contribution in [3.8, 4) is 0 Å². The molecule has 0 aliphatic heterocycles. The highest BCUT2D eigenvalue weighted by atomic mass is 16.5. The van der Waals surface area contributed by atoms with Gasteiger partial charge in [0.25, 0.3) is 0 Å². The lowest BCUT2D eigenvalue weighted by molar-refractivity contribution is -0.140. The quantitative estimate of drug-likeness (QED) is 0.564. The number of methoxy groups -OCH3 is 1. The molecule has 5 nitrogen and oxygen atoms in total. The molecule has 23 heavy (non-hydrogen) atoms. The normalized spacial score (nSPS) is 10.7. The van der Waals surface area contributed by atoms with Crippen LogP contribution in [0, 0.1) is 0 Å². The zero-order chi connectivity index (χ0) is 16.5. The summed E-state index contributed by atoms with van der Waals surface area (Å²) in [7, 11) is 1.43. The van der Waals surface area contributed by atoms with Gasteiger partial charge in [-0.25, -0.2) is 9.97 Å². The summed E-state index contributed by atoms with van der Waals surface area (Å²) < 4.78 is 4.64. The summed E-state index contributed by atoms with van der Waals surface area (Å²) in [5, 5.41) is 4.48. The number of carbonyl (C=O) groups excluding carboxylic acids is 1. The molecule has 2 aromatic rings. The van der Waals surface area contributed by atoms with Crippen molar-refractivity contribution < 1.29 is 9.53 Å². The standard InChI is InChI=1S/C18H25N3O2/c1-3-9-16-20-15-11-7-6-10-14(15)18(21-16)19-13-8-4-5-12-17(22)23-2/h6-7,10-11H,3-5,8-9,12-13H2,1-2H3,(H,19,20,21). The fourth-order valence-electron chi connectivity index (χ4n) is 2.47. The predicted octanol–water partition coefficient (Wildman–Crippen LogP) is 3.73. The number of aryl methyl sites for hydroxylation is 1. The number of nitrogens with one attached hydrogen (secondary N) is 1. The molecule has 2 rings (SSSR count). The number of nitrogens with zero attached hydrogens (tertiary/aromatic N) is 2. The lowest BCUT2D eigenvalue weighted by Crippen LogP contribution is -2.07. The Labute approximate surface area is 137 Å². The molecule has 0 amide bonds. The van der Waals surface area contributed by atoms with Crippen molar-refractivity contribution in [2.75, 3.05) is 19.0 Å². The molecule has 1 aromatic carbocycles. The van der Waals surface area contributed by atoms with Crippen LogP contribution in [-0.4, -0.2) is 29.6 Å². The maximum absolute atomic E-state index is 11.1. The van der Waals surface area contributed by atoms with Gasteiger partial charge in [-0.2, -0.15) is 0 Å². The van der Waals surface area contributed by atoms with Gasteiger partial charge in [0.1, 0.15) is 11.6 Å². The Kier molecular flexibility index (Phi) is 6.78. The number of benzene rings is 1. The summed E-state index contributed by atoms with van der Waals surface area (Å²) >= 11 is 0. The second-order valence-electron chi connectivity index (χ2n) is 5.57. The smallest absolute Gasteiger partial charge is 0.305 e. The average Bonchev–Trinajstić information content (AvgIpc) is 2.57. The summed E-state index contributed by atoms with van der Waals surface area (Å²) in [5.74, 6) is 1.66. The first-order valence-corrected chi connectivity index (χ1v) is 8.31. The highest BCUT2D eigenvalue weighted by Crippen LogP contribution is 2.20. The number of aromatic nitrogens is 2. The molecular weight excluding hydrogens is 290 g/mol. The Bertz CT molecular complexity index is 643. The van der Waals surface area contributed by atoms with Crippen LogP contribution in [0.1, 0.15) is 44.9 Å². The van der Waals surface area contributed by atoms with Gasteiger partial charge in [0.2, 0.25) is 0 Å². The number of esters is 1. The molecule has 0 fully saturated rings. The molecule has 0 saturated carbocycles. The number of hydrogen-bond donors (Lipinski definition) is 1. The molecule has 0 bridgehead atoms. The summed E-state index contributed by atoms with van der Waals surface area (Å²) in [6.45, 7) is 2.97.